The van der Waals surface area contributed by atoms with Crippen LogP contribution in [0, 0.1) is 0 Å². The number of aliphatic hydroxyl groups is 3. The third-order valence-corrected chi connectivity index (χ3v) is 4.88. The minimum Gasteiger partial charge on any atom is -0.508 e. The summed E-state index contributed by atoms with van der Waals surface area (Å²) >= 11 is 0. The molecule has 2 heterocycles. The number of ether oxygens (including phenoxy) is 2. The summed E-state index contributed by atoms with van der Waals surface area (Å²) in [5, 5.41) is 68.6. The Bertz CT molecular complexity index is 1200. The molecule has 31 heavy (non-hydrogen) atoms. The molecule has 1 fully saturated rings. The van der Waals surface area contributed by atoms with Crippen molar-refractivity contribution >= 4 is 11.0 Å². The first-order valence-electron chi connectivity index (χ1n) is 9.05. The molecule has 1 aliphatic rings. The first-order valence-corrected chi connectivity index (χ1v) is 9.05. The van der Waals surface area contributed by atoms with Crippen LogP contribution in [0.3, 0.4) is 0 Å². The monoisotopic (exact) mass is 434 g/mol. The van der Waals surface area contributed by atoms with Crippen LogP contribution >= 0.6 is 0 Å². The van der Waals surface area contributed by atoms with Crippen LogP contribution in [-0.2, 0) is 4.74 Å². The van der Waals surface area contributed by atoms with Crippen LogP contribution in [0.2, 0.25) is 0 Å². The highest BCUT2D eigenvalue weighted by atomic mass is 16.7. The Labute approximate surface area is 173 Å². The predicted octanol–water partition coefficient (Wildman–Crippen LogP) is 0.100. The maximum absolute atomic E-state index is 13.2. The lowest BCUT2D eigenvalue weighted by Crippen LogP contribution is -2.36. The van der Waals surface area contributed by atoms with E-state index in [0.717, 1.165) is 18.2 Å². The van der Waals surface area contributed by atoms with Gasteiger partial charge in [0.25, 0.3) is 0 Å². The number of hydrogen-bond donors (Lipinski definition) is 7. The number of benzene rings is 2. The lowest BCUT2D eigenvalue weighted by Gasteiger charge is -2.19. The van der Waals surface area contributed by atoms with Crippen molar-refractivity contribution in [2.45, 2.75) is 24.6 Å². The zero-order chi connectivity index (χ0) is 22.4. The Hall–Kier alpha value is -3.51. The predicted molar refractivity (Wildman–Crippen MR) is 103 cm³/mol. The van der Waals surface area contributed by atoms with E-state index >= 15 is 0 Å². The molecule has 3 aromatic rings. The van der Waals surface area contributed by atoms with E-state index in [1.54, 1.807) is 0 Å². The minimum absolute atomic E-state index is 0.0959. The van der Waals surface area contributed by atoms with Crippen LogP contribution in [0.25, 0.3) is 22.3 Å². The average Bonchev–Trinajstić information content (AvgIpc) is 2.97. The van der Waals surface area contributed by atoms with Gasteiger partial charge in [0.2, 0.25) is 17.5 Å². The maximum atomic E-state index is 13.2. The van der Waals surface area contributed by atoms with Gasteiger partial charge in [-0.2, -0.15) is 0 Å². The molecule has 164 valence electrons. The fourth-order valence-electron chi connectivity index (χ4n) is 3.34. The second-order valence-corrected chi connectivity index (χ2v) is 6.95. The summed E-state index contributed by atoms with van der Waals surface area (Å²) in [4.78, 5) is 13.2. The molecule has 0 aliphatic carbocycles. The van der Waals surface area contributed by atoms with Gasteiger partial charge in [0.15, 0.2) is 5.76 Å². The lowest BCUT2D eigenvalue weighted by atomic mass is 10.1. The molecule has 1 aliphatic heterocycles. The molecule has 1 aromatic heterocycles. The molecule has 0 amide bonds. The molecular formula is C20H18O11. The third kappa shape index (κ3) is 3.49. The first kappa shape index (κ1) is 20.8. The Kier molecular flexibility index (Phi) is 5.11. The topological polar surface area (TPSA) is 190 Å². The van der Waals surface area contributed by atoms with Crippen LogP contribution in [0.4, 0.5) is 0 Å². The number of hydrogen-bond acceptors (Lipinski definition) is 11. The zero-order valence-corrected chi connectivity index (χ0v) is 15.7. The summed E-state index contributed by atoms with van der Waals surface area (Å²) in [5.41, 5.74) is -1.26. The fourth-order valence-corrected chi connectivity index (χ4v) is 3.34. The fraction of sp³-hybridized carbons (Fsp3) is 0.250. The van der Waals surface area contributed by atoms with E-state index in [0.29, 0.717) is 0 Å². The molecule has 0 saturated carbocycles. The Morgan fingerprint density at radius 2 is 1.65 bits per heavy atom. The lowest BCUT2D eigenvalue weighted by molar-refractivity contribution is -0.117. The van der Waals surface area contributed by atoms with Crippen molar-refractivity contribution in [1.82, 2.24) is 0 Å². The molecular weight excluding hydrogens is 416 g/mol. The molecule has 0 spiro atoms. The van der Waals surface area contributed by atoms with Gasteiger partial charge in [-0.3, -0.25) is 4.79 Å². The molecule has 0 bridgehead atoms. The van der Waals surface area contributed by atoms with Gasteiger partial charge in [0, 0.05) is 18.2 Å². The van der Waals surface area contributed by atoms with Crippen molar-refractivity contribution in [2.24, 2.45) is 0 Å². The van der Waals surface area contributed by atoms with Gasteiger partial charge in [-0.25, -0.2) is 0 Å². The molecule has 2 aromatic carbocycles. The van der Waals surface area contributed by atoms with Crippen molar-refractivity contribution in [3.8, 4) is 40.1 Å². The number of aromatic hydroxyl groups is 4. The van der Waals surface area contributed by atoms with Gasteiger partial charge in [-0.1, -0.05) is 0 Å². The highest BCUT2D eigenvalue weighted by Crippen LogP contribution is 2.41. The summed E-state index contributed by atoms with van der Waals surface area (Å²) < 4.78 is 16.4. The molecule has 7 N–H and O–H groups in total. The normalized spacial score (nSPS) is 23.3. The summed E-state index contributed by atoms with van der Waals surface area (Å²) in [6.45, 7) is -0.629. The molecule has 4 atom stereocenters. The van der Waals surface area contributed by atoms with E-state index < -0.39 is 59.6 Å². The van der Waals surface area contributed by atoms with E-state index in [9.17, 15) is 40.5 Å². The van der Waals surface area contributed by atoms with Gasteiger partial charge in [-0.05, 0) is 12.1 Å². The number of phenolic OH excluding ortho intramolecular Hbond substituents is 4. The Morgan fingerprint density at radius 3 is 2.29 bits per heavy atom. The Balaban J connectivity index is 1.94. The molecule has 11 heteroatoms. The highest BCUT2D eigenvalue weighted by Gasteiger charge is 2.44. The quantitative estimate of drug-likeness (QED) is 0.295. The summed E-state index contributed by atoms with van der Waals surface area (Å²) in [5.74, 6) is -2.73. The first-order chi connectivity index (χ1) is 14.7. The van der Waals surface area contributed by atoms with Gasteiger partial charge in [-0.15, -0.1) is 0 Å². The van der Waals surface area contributed by atoms with Crippen LogP contribution in [0.15, 0.2) is 39.5 Å². The van der Waals surface area contributed by atoms with Crippen molar-refractivity contribution in [1.29, 1.82) is 0 Å². The smallest absolute Gasteiger partial charge is 0.239 e. The van der Waals surface area contributed by atoms with E-state index in [1.165, 1.54) is 12.1 Å². The second-order valence-electron chi connectivity index (χ2n) is 6.95. The Morgan fingerprint density at radius 1 is 0.935 bits per heavy atom. The zero-order valence-electron chi connectivity index (χ0n) is 15.7. The number of fused-ring (bicyclic) bond motifs is 1. The van der Waals surface area contributed by atoms with Crippen molar-refractivity contribution in [2.75, 3.05) is 6.61 Å². The number of rotatable bonds is 4. The molecule has 0 radical (unpaired) electrons. The minimum atomic E-state index is -1.64. The number of phenols is 4. The maximum Gasteiger partial charge on any atom is 0.239 e. The third-order valence-electron chi connectivity index (χ3n) is 4.88. The molecule has 0 unspecified atom stereocenters. The second kappa shape index (κ2) is 7.63. The van der Waals surface area contributed by atoms with Gasteiger partial charge in [0.1, 0.15) is 52.3 Å². The summed E-state index contributed by atoms with van der Waals surface area (Å²) in [6.07, 6.45) is -5.91. The van der Waals surface area contributed by atoms with Crippen LogP contribution < -0.4 is 10.2 Å². The van der Waals surface area contributed by atoms with E-state index in [4.69, 9.17) is 13.9 Å². The number of aliphatic hydroxyl groups excluding tert-OH is 3. The van der Waals surface area contributed by atoms with E-state index in [-0.39, 0.29) is 28.0 Å². The van der Waals surface area contributed by atoms with Gasteiger partial charge in [0.05, 0.1) is 12.2 Å². The molecule has 11 nitrogen and oxygen atoms in total. The largest absolute Gasteiger partial charge is 0.508 e. The van der Waals surface area contributed by atoms with Crippen LogP contribution in [0.1, 0.15) is 0 Å². The van der Waals surface area contributed by atoms with Crippen molar-refractivity contribution < 1.29 is 49.6 Å². The summed E-state index contributed by atoms with van der Waals surface area (Å²) in [6, 6.07) is 5.38. The van der Waals surface area contributed by atoms with Crippen LogP contribution in [-0.4, -0.2) is 67.0 Å². The summed E-state index contributed by atoms with van der Waals surface area (Å²) in [7, 11) is 0. The van der Waals surface area contributed by atoms with Crippen LogP contribution in [0.5, 0.6) is 28.7 Å². The van der Waals surface area contributed by atoms with E-state index in [1.807, 2.05) is 0 Å². The van der Waals surface area contributed by atoms with E-state index in [2.05, 4.69) is 0 Å². The highest BCUT2D eigenvalue weighted by molar-refractivity contribution is 5.88. The SMILES string of the molecule is O=c1c(O[C@@H]2O[C@@H](CO)[C@@H](O)[C@H]2O)c(-c2ccc(O)cc2O)oc2cc(O)cc(O)c12. The van der Waals surface area contributed by atoms with Gasteiger partial charge >= 0.3 is 0 Å². The average molecular weight is 434 g/mol. The standard InChI is InChI=1S/C20H18O11/c21-6-13-15(26)17(28)20(30-13)31-19-16(27)14-11(25)4-8(23)5-12(14)29-18(19)9-2-1-7(22)3-10(9)24/h1-5,13,15,17,20-26,28H,6H2/t13-,15+,17+,20-/m0/s1. The van der Waals surface area contributed by atoms with Crippen molar-refractivity contribution in [3.63, 3.8) is 0 Å². The van der Waals surface area contributed by atoms with Gasteiger partial charge < -0.3 is 49.6 Å². The molecule has 4 rings (SSSR count). The van der Waals surface area contributed by atoms with Crippen molar-refractivity contribution in [3.05, 3.63) is 40.6 Å². The molecule has 1 saturated heterocycles.